The predicted octanol–water partition coefficient (Wildman–Crippen LogP) is 3.75. The van der Waals surface area contributed by atoms with Crippen molar-refractivity contribution >= 4 is 40.4 Å². The van der Waals surface area contributed by atoms with Crippen LogP contribution in [0.15, 0.2) is 53.0 Å². The van der Waals surface area contributed by atoms with Gasteiger partial charge in [-0.25, -0.2) is 4.98 Å². The van der Waals surface area contributed by atoms with E-state index >= 15 is 0 Å². The number of aromatic nitrogens is 1. The fourth-order valence-electron chi connectivity index (χ4n) is 2.36. The molecule has 3 rings (SSSR count). The van der Waals surface area contributed by atoms with E-state index < -0.39 is 0 Å². The van der Waals surface area contributed by atoms with Crippen molar-refractivity contribution in [2.45, 2.75) is 13.8 Å². The normalized spacial score (nSPS) is 11.0. The lowest BCUT2D eigenvalue weighted by molar-refractivity contribution is -0.114. The largest absolute Gasteiger partial charge is 0.441 e. The predicted molar refractivity (Wildman–Crippen MR) is 97.2 cm³/mol. The highest BCUT2D eigenvalue weighted by Crippen LogP contribution is 2.19. The van der Waals surface area contributed by atoms with Crippen molar-refractivity contribution < 1.29 is 14.0 Å². The van der Waals surface area contributed by atoms with E-state index in [4.69, 9.17) is 4.42 Å². The Morgan fingerprint density at radius 3 is 2.48 bits per heavy atom. The monoisotopic (exact) mass is 335 g/mol. The Morgan fingerprint density at radius 2 is 1.76 bits per heavy atom. The summed E-state index contributed by atoms with van der Waals surface area (Å²) in [5.74, 6) is 0.216. The molecule has 0 bridgehead atoms. The molecule has 0 saturated heterocycles. The number of carbonyl (C=O) groups is 2. The third kappa shape index (κ3) is 4.32. The van der Waals surface area contributed by atoms with Gasteiger partial charge in [-0.2, -0.15) is 0 Å². The molecule has 2 aromatic carbocycles. The highest BCUT2D eigenvalue weighted by molar-refractivity contribution is 6.02. The van der Waals surface area contributed by atoms with E-state index in [0.717, 1.165) is 5.56 Å². The average molecular weight is 335 g/mol. The van der Waals surface area contributed by atoms with Crippen molar-refractivity contribution in [1.29, 1.82) is 0 Å². The SMILES string of the molecule is CC(=O)Nc1ccc(/C=C/C(=O)Nc2ccc3oc(C)nc3c2)cc1. The van der Waals surface area contributed by atoms with Crippen LogP contribution >= 0.6 is 0 Å². The van der Waals surface area contributed by atoms with E-state index in [0.29, 0.717) is 28.4 Å². The fraction of sp³-hybridized carbons (Fsp3) is 0.105. The average Bonchev–Trinajstić information content (AvgIpc) is 2.93. The van der Waals surface area contributed by atoms with Crippen LogP contribution in [0.1, 0.15) is 18.4 Å². The summed E-state index contributed by atoms with van der Waals surface area (Å²) in [5.41, 5.74) is 3.60. The molecule has 3 aromatic rings. The fourth-order valence-corrected chi connectivity index (χ4v) is 2.36. The van der Waals surface area contributed by atoms with Crippen LogP contribution in [-0.4, -0.2) is 16.8 Å². The van der Waals surface area contributed by atoms with E-state index in [1.165, 1.54) is 13.0 Å². The summed E-state index contributed by atoms with van der Waals surface area (Å²) in [5, 5.41) is 5.48. The number of rotatable bonds is 4. The third-order valence-electron chi connectivity index (χ3n) is 3.42. The van der Waals surface area contributed by atoms with Gasteiger partial charge in [-0.3, -0.25) is 9.59 Å². The van der Waals surface area contributed by atoms with Crippen LogP contribution in [-0.2, 0) is 9.59 Å². The number of nitrogens with zero attached hydrogens (tertiary/aromatic N) is 1. The van der Waals surface area contributed by atoms with Gasteiger partial charge in [-0.15, -0.1) is 0 Å². The molecule has 0 aliphatic carbocycles. The maximum Gasteiger partial charge on any atom is 0.248 e. The zero-order valence-electron chi connectivity index (χ0n) is 13.9. The summed E-state index contributed by atoms with van der Waals surface area (Å²) < 4.78 is 5.40. The first-order chi connectivity index (χ1) is 12.0. The molecule has 0 atom stereocenters. The molecule has 0 aliphatic rings. The number of hydrogen-bond acceptors (Lipinski definition) is 4. The molecule has 126 valence electrons. The Balaban J connectivity index is 1.64. The molecule has 0 aliphatic heterocycles. The number of nitrogens with one attached hydrogen (secondary N) is 2. The maximum atomic E-state index is 12.0. The van der Waals surface area contributed by atoms with Crippen LogP contribution in [0.3, 0.4) is 0 Å². The van der Waals surface area contributed by atoms with Gasteiger partial charge in [0.2, 0.25) is 11.8 Å². The van der Waals surface area contributed by atoms with Gasteiger partial charge in [-0.1, -0.05) is 12.1 Å². The van der Waals surface area contributed by atoms with Crippen molar-refractivity contribution in [2.24, 2.45) is 0 Å². The minimum Gasteiger partial charge on any atom is -0.441 e. The van der Waals surface area contributed by atoms with Gasteiger partial charge in [0.1, 0.15) is 5.52 Å². The molecular weight excluding hydrogens is 318 g/mol. The highest BCUT2D eigenvalue weighted by Gasteiger charge is 2.04. The van der Waals surface area contributed by atoms with Gasteiger partial charge < -0.3 is 15.1 Å². The van der Waals surface area contributed by atoms with E-state index in [-0.39, 0.29) is 11.8 Å². The summed E-state index contributed by atoms with van der Waals surface area (Å²) in [7, 11) is 0. The molecule has 2 N–H and O–H groups in total. The van der Waals surface area contributed by atoms with Crippen molar-refractivity contribution in [3.63, 3.8) is 0 Å². The Hall–Kier alpha value is -3.41. The number of amides is 2. The number of fused-ring (bicyclic) bond motifs is 1. The van der Waals surface area contributed by atoms with Crippen LogP contribution in [0.5, 0.6) is 0 Å². The second-order valence-corrected chi connectivity index (χ2v) is 5.54. The molecule has 25 heavy (non-hydrogen) atoms. The lowest BCUT2D eigenvalue weighted by Crippen LogP contribution is -2.07. The molecule has 0 saturated carbocycles. The van der Waals surface area contributed by atoms with Crippen molar-refractivity contribution in [1.82, 2.24) is 4.98 Å². The molecule has 0 spiro atoms. The van der Waals surface area contributed by atoms with Crippen molar-refractivity contribution in [3.8, 4) is 0 Å². The molecule has 6 nitrogen and oxygen atoms in total. The molecule has 1 aromatic heterocycles. The van der Waals surface area contributed by atoms with Crippen LogP contribution in [0.2, 0.25) is 0 Å². The number of hydrogen-bond donors (Lipinski definition) is 2. The van der Waals surface area contributed by atoms with Gasteiger partial charge in [0.05, 0.1) is 0 Å². The lowest BCUT2D eigenvalue weighted by atomic mass is 10.2. The van der Waals surface area contributed by atoms with Gasteiger partial charge in [0.15, 0.2) is 11.5 Å². The molecule has 2 amide bonds. The zero-order chi connectivity index (χ0) is 17.8. The second-order valence-electron chi connectivity index (χ2n) is 5.54. The molecule has 1 heterocycles. The second kappa shape index (κ2) is 7.00. The maximum absolute atomic E-state index is 12.0. The first kappa shape index (κ1) is 16.4. The standard InChI is InChI=1S/C19H17N3O3/c1-12(23)20-15-6-3-14(4-7-15)5-10-19(24)22-16-8-9-18-17(11-16)21-13(2)25-18/h3-11H,1-2H3,(H,20,23)(H,22,24)/b10-5+. The summed E-state index contributed by atoms with van der Waals surface area (Å²) in [6, 6.07) is 12.5. The molecule has 6 heteroatoms. The first-order valence-corrected chi connectivity index (χ1v) is 7.73. The molecule has 0 fully saturated rings. The van der Waals surface area contributed by atoms with E-state index in [9.17, 15) is 9.59 Å². The summed E-state index contributed by atoms with van der Waals surface area (Å²) >= 11 is 0. The topological polar surface area (TPSA) is 84.2 Å². The van der Waals surface area contributed by atoms with Gasteiger partial charge in [-0.05, 0) is 42.0 Å². The number of oxazole rings is 1. The van der Waals surface area contributed by atoms with Gasteiger partial charge >= 0.3 is 0 Å². The minimum atomic E-state index is -0.245. The number of carbonyl (C=O) groups excluding carboxylic acids is 2. The van der Waals surface area contributed by atoms with Crippen LogP contribution in [0, 0.1) is 6.92 Å². The lowest BCUT2D eigenvalue weighted by Gasteiger charge is -2.02. The molecular formula is C19H17N3O3. The third-order valence-corrected chi connectivity index (χ3v) is 3.42. The van der Waals surface area contributed by atoms with Crippen molar-refractivity contribution in [3.05, 3.63) is 60.0 Å². The molecule has 0 radical (unpaired) electrons. The summed E-state index contributed by atoms with van der Waals surface area (Å²) in [6.07, 6.45) is 3.15. The van der Waals surface area contributed by atoms with Crippen LogP contribution in [0.4, 0.5) is 11.4 Å². The quantitative estimate of drug-likeness (QED) is 0.711. The van der Waals surface area contributed by atoms with Crippen LogP contribution < -0.4 is 10.6 Å². The minimum absolute atomic E-state index is 0.123. The Morgan fingerprint density at radius 1 is 1.04 bits per heavy atom. The van der Waals surface area contributed by atoms with Gasteiger partial charge in [0, 0.05) is 31.3 Å². The van der Waals surface area contributed by atoms with E-state index in [2.05, 4.69) is 15.6 Å². The first-order valence-electron chi connectivity index (χ1n) is 7.73. The van der Waals surface area contributed by atoms with Crippen molar-refractivity contribution in [2.75, 3.05) is 10.6 Å². The Kier molecular flexibility index (Phi) is 4.61. The zero-order valence-corrected chi connectivity index (χ0v) is 13.9. The summed E-state index contributed by atoms with van der Waals surface area (Å²) in [4.78, 5) is 27.3. The van der Waals surface area contributed by atoms with E-state index in [1.54, 1.807) is 43.3 Å². The highest BCUT2D eigenvalue weighted by atomic mass is 16.3. The number of anilines is 2. The number of benzene rings is 2. The van der Waals surface area contributed by atoms with Gasteiger partial charge in [0.25, 0.3) is 0 Å². The Labute approximate surface area is 144 Å². The van der Waals surface area contributed by atoms with E-state index in [1.807, 2.05) is 12.1 Å². The molecule has 0 unspecified atom stereocenters. The Bertz CT molecular complexity index is 956. The smallest absolute Gasteiger partial charge is 0.248 e. The number of aryl methyl sites for hydroxylation is 1. The van der Waals surface area contributed by atoms with Crippen LogP contribution in [0.25, 0.3) is 17.2 Å². The summed E-state index contributed by atoms with van der Waals surface area (Å²) in [6.45, 7) is 3.23.